The number of esters is 1. The molecular formula is C20H15F6NO3. The number of hydrogen-bond donors (Lipinski definition) is 1. The summed E-state index contributed by atoms with van der Waals surface area (Å²) in [5.74, 6) is -14.2. The van der Waals surface area contributed by atoms with E-state index in [4.69, 9.17) is 4.74 Å². The van der Waals surface area contributed by atoms with E-state index >= 15 is 0 Å². The van der Waals surface area contributed by atoms with Crippen molar-refractivity contribution >= 4 is 17.6 Å². The topological polar surface area (TPSA) is 55.4 Å². The number of ether oxygens (including phenoxy) is 1. The second-order valence-electron chi connectivity index (χ2n) is 6.84. The average Bonchev–Trinajstić information content (AvgIpc) is 3.23. The van der Waals surface area contributed by atoms with Gasteiger partial charge in [0.25, 0.3) is 5.91 Å². The summed E-state index contributed by atoms with van der Waals surface area (Å²) >= 11 is 0. The van der Waals surface area contributed by atoms with Gasteiger partial charge in [-0.25, -0.2) is 26.3 Å². The van der Waals surface area contributed by atoms with Crippen LogP contribution in [0, 0.1) is 34.9 Å². The molecule has 0 aliphatic heterocycles. The highest BCUT2D eigenvalue weighted by atomic mass is 19.2. The second-order valence-corrected chi connectivity index (χ2v) is 6.84. The number of nitrogens with one attached hydrogen (secondary N) is 1. The summed E-state index contributed by atoms with van der Waals surface area (Å²) in [7, 11) is 0. The second kappa shape index (κ2) is 8.37. The van der Waals surface area contributed by atoms with Gasteiger partial charge in [-0.3, -0.25) is 9.59 Å². The van der Waals surface area contributed by atoms with E-state index in [9.17, 15) is 35.9 Å². The largest absolute Gasteiger partial charge is 0.455 e. The van der Waals surface area contributed by atoms with E-state index in [1.807, 2.05) is 0 Å². The Bertz CT molecular complexity index is 975. The van der Waals surface area contributed by atoms with Gasteiger partial charge in [0, 0.05) is 5.56 Å². The van der Waals surface area contributed by atoms with Crippen molar-refractivity contribution in [1.82, 2.24) is 0 Å². The predicted molar refractivity (Wildman–Crippen MR) is 92.4 cm³/mol. The molecule has 2 aromatic rings. The number of hydrogen-bond acceptors (Lipinski definition) is 3. The van der Waals surface area contributed by atoms with E-state index in [0.717, 1.165) is 0 Å². The maximum Gasteiger partial charge on any atom is 0.317 e. The Morgan fingerprint density at radius 2 is 1.40 bits per heavy atom. The van der Waals surface area contributed by atoms with Crippen molar-refractivity contribution in [3.8, 4) is 0 Å². The zero-order valence-corrected chi connectivity index (χ0v) is 15.3. The summed E-state index contributed by atoms with van der Waals surface area (Å²) in [5.41, 5.74) is -2.78. The van der Waals surface area contributed by atoms with Gasteiger partial charge < -0.3 is 10.1 Å². The number of amides is 1. The summed E-state index contributed by atoms with van der Waals surface area (Å²) in [6.45, 7) is -1.06. The van der Waals surface area contributed by atoms with Crippen LogP contribution in [0.2, 0.25) is 0 Å². The zero-order chi connectivity index (χ0) is 22.1. The molecule has 1 aliphatic carbocycles. The Balaban J connectivity index is 1.75. The lowest BCUT2D eigenvalue weighted by Crippen LogP contribution is -2.37. The fraction of sp³-hybridized carbons (Fsp3) is 0.300. The number of rotatable bonds is 5. The van der Waals surface area contributed by atoms with Crippen LogP contribution in [-0.4, -0.2) is 18.5 Å². The van der Waals surface area contributed by atoms with Crippen molar-refractivity contribution < 1.29 is 40.7 Å². The van der Waals surface area contributed by atoms with Crippen molar-refractivity contribution in [3.05, 3.63) is 64.7 Å². The lowest BCUT2D eigenvalue weighted by molar-refractivity contribution is -0.153. The zero-order valence-electron chi connectivity index (χ0n) is 15.3. The number of anilines is 1. The van der Waals surface area contributed by atoms with Crippen LogP contribution in [-0.2, 0) is 19.7 Å². The van der Waals surface area contributed by atoms with Crippen LogP contribution in [0.4, 0.5) is 32.0 Å². The molecule has 1 aliphatic rings. The maximum atomic E-state index is 14.3. The van der Waals surface area contributed by atoms with Crippen molar-refractivity contribution in [2.45, 2.75) is 31.1 Å². The highest BCUT2D eigenvalue weighted by Gasteiger charge is 2.46. The first-order valence-electron chi connectivity index (χ1n) is 8.92. The molecule has 10 heteroatoms. The summed E-state index contributed by atoms with van der Waals surface area (Å²) in [6, 6.07) is 5.60. The van der Waals surface area contributed by atoms with Crippen LogP contribution in [0.25, 0.3) is 0 Å². The fourth-order valence-electron chi connectivity index (χ4n) is 3.57. The van der Waals surface area contributed by atoms with E-state index in [1.165, 1.54) is 23.5 Å². The number of carbonyl (C=O) groups excluding carboxylic acids is 2. The van der Waals surface area contributed by atoms with Gasteiger partial charge >= 0.3 is 5.97 Å². The molecule has 0 heterocycles. The van der Waals surface area contributed by atoms with Gasteiger partial charge in [0.15, 0.2) is 29.9 Å². The molecule has 4 nitrogen and oxygen atoms in total. The molecule has 1 fully saturated rings. The molecule has 0 radical (unpaired) electrons. The van der Waals surface area contributed by atoms with Crippen LogP contribution in [0.5, 0.6) is 0 Å². The Morgan fingerprint density at radius 1 is 0.867 bits per heavy atom. The third-order valence-electron chi connectivity index (χ3n) is 5.05. The van der Waals surface area contributed by atoms with Crippen LogP contribution in [0.15, 0.2) is 24.3 Å². The minimum atomic E-state index is -2.37. The normalized spacial score (nSPS) is 15.1. The van der Waals surface area contributed by atoms with Crippen LogP contribution in [0.3, 0.4) is 0 Å². The van der Waals surface area contributed by atoms with Crippen LogP contribution < -0.4 is 5.32 Å². The van der Waals surface area contributed by atoms with Gasteiger partial charge in [-0.2, -0.15) is 0 Å². The predicted octanol–water partition coefficient (Wildman–Crippen LogP) is 4.51. The molecule has 2 aromatic carbocycles. The Labute approximate surface area is 166 Å². The smallest absolute Gasteiger partial charge is 0.317 e. The molecule has 0 unspecified atom stereocenters. The van der Waals surface area contributed by atoms with Crippen LogP contribution >= 0.6 is 0 Å². The highest BCUT2D eigenvalue weighted by molar-refractivity contribution is 5.94. The molecule has 1 saturated carbocycles. The lowest BCUT2D eigenvalue weighted by Gasteiger charge is -2.27. The summed E-state index contributed by atoms with van der Waals surface area (Å²) in [4.78, 5) is 24.6. The van der Waals surface area contributed by atoms with Crippen LogP contribution in [0.1, 0.15) is 31.2 Å². The molecule has 1 N–H and O–H groups in total. The third kappa shape index (κ3) is 3.73. The molecule has 3 rings (SSSR count). The summed E-state index contributed by atoms with van der Waals surface area (Å²) in [5, 5.41) is 1.51. The standard InChI is InChI=1S/C20H15F6NO3/c21-11-6-2-1-5-10(11)20(7-3-4-8-20)19(29)30-9-12(28)27-18-16(25)14(23)13(22)15(24)17(18)26/h1-2,5-6H,3-4,7-9H2,(H,27,28). The molecule has 0 atom stereocenters. The van der Waals surface area contributed by atoms with Gasteiger partial charge in [-0.1, -0.05) is 31.0 Å². The van der Waals surface area contributed by atoms with Gasteiger partial charge in [-0.15, -0.1) is 0 Å². The van der Waals surface area contributed by atoms with Crippen molar-refractivity contribution in [1.29, 1.82) is 0 Å². The minimum Gasteiger partial charge on any atom is -0.455 e. The number of benzene rings is 2. The van der Waals surface area contributed by atoms with Crippen molar-refractivity contribution in [3.63, 3.8) is 0 Å². The molecule has 0 saturated heterocycles. The summed E-state index contributed by atoms with van der Waals surface area (Å²) < 4.78 is 86.0. The van der Waals surface area contributed by atoms with E-state index in [2.05, 4.69) is 0 Å². The molecule has 1 amide bonds. The first-order chi connectivity index (χ1) is 14.2. The van der Waals surface area contributed by atoms with Gasteiger partial charge in [0.1, 0.15) is 11.5 Å². The first kappa shape index (κ1) is 21.7. The van der Waals surface area contributed by atoms with E-state index < -0.39 is 64.5 Å². The number of halogens is 6. The van der Waals surface area contributed by atoms with Gasteiger partial charge in [-0.05, 0) is 18.9 Å². The van der Waals surface area contributed by atoms with Gasteiger partial charge in [0.05, 0.1) is 5.41 Å². The average molecular weight is 431 g/mol. The monoisotopic (exact) mass is 431 g/mol. The minimum absolute atomic E-state index is 0.104. The molecular weight excluding hydrogens is 416 g/mol. The maximum absolute atomic E-state index is 14.3. The Morgan fingerprint density at radius 3 is 1.97 bits per heavy atom. The van der Waals surface area contributed by atoms with Crippen molar-refractivity contribution in [2.75, 3.05) is 11.9 Å². The fourth-order valence-corrected chi connectivity index (χ4v) is 3.57. The molecule has 0 aromatic heterocycles. The Hall–Kier alpha value is -3.04. The highest BCUT2D eigenvalue weighted by Crippen LogP contribution is 2.43. The first-order valence-corrected chi connectivity index (χ1v) is 8.92. The third-order valence-corrected chi connectivity index (χ3v) is 5.05. The van der Waals surface area contributed by atoms with E-state index in [0.29, 0.717) is 12.8 Å². The Kier molecular flexibility index (Phi) is 6.04. The van der Waals surface area contributed by atoms with E-state index in [-0.39, 0.29) is 18.4 Å². The molecule has 0 bridgehead atoms. The quantitative estimate of drug-likeness (QED) is 0.328. The molecule has 30 heavy (non-hydrogen) atoms. The SMILES string of the molecule is O=C(COC(=O)C1(c2ccccc2F)CCCC1)Nc1c(F)c(F)c(F)c(F)c1F. The summed E-state index contributed by atoms with van der Waals surface area (Å²) in [6.07, 6.45) is 1.76. The van der Waals surface area contributed by atoms with Gasteiger partial charge in [0.2, 0.25) is 5.82 Å². The van der Waals surface area contributed by atoms with Crippen molar-refractivity contribution in [2.24, 2.45) is 0 Å². The lowest BCUT2D eigenvalue weighted by atomic mass is 9.78. The molecule has 0 spiro atoms. The molecule has 160 valence electrons. The van der Waals surface area contributed by atoms with E-state index in [1.54, 1.807) is 6.07 Å². The number of carbonyl (C=O) groups is 2.